The highest BCUT2D eigenvalue weighted by Gasteiger charge is 2.32. The van der Waals surface area contributed by atoms with Crippen LogP contribution in [0.15, 0.2) is 41.3 Å². The summed E-state index contributed by atoms with van der Waals surface area (Å²) in [7, 11) is -3.51. The summed E-state index contributed by atoms with van der Waals surface area (Å²) < 4.78 is 27.8. The Kier molecular flexibility index (Phi) is 6.49. The Balaban J connectivity index is 1.35. The predicted octanol–water partition coefficient (Wildman–Crippen LogP) is 3.90. The van der Waals surface area contributed by atoms with Gasteiger partial charge in [-0.1, -0.05) is 29.8 Å². The molecule has 0 unspecified atom stereocenters. The van der Waals surface area contributed by atoms with Crippen LogP contribution in [0.5, 0.6) is 0 Å². The van der Waals surface area contributed by atoms with Gasteiger partial charge in [-0.15, -0.1) is 0 Å². The molecule has 0 radical (unpaired) electrons. The molecule has 5 nitrogen and oxygen atoms in total. The first kappa shape index (κ1) is 22.0. The van der Waals surface area contributed by atoms with Crippen LogP contribution in [0.3, 0.4) is 0 Å². The quantitative estimate of drug-likeness (QED) is 0.767. The van der Waals surface area contributed by atoms with Crippen molar-refractivity contribution >= 4 is 15.9 Å². The Morgan fingerprint density at radius 2 is 1.71 bits per heavy atom. The van der Waals surface area contributed by atoms with Gasteiger partial charge in [-0.05, 0) is 86.8 Å². The molecule has 1 amide bonds. The van der Waals surface area contributed by atoms with Crippen LogP contribution in [-0.4, -0.2) is 31.7 Å². The molecule has 1 heterocycles. The zero-order valence-electron chi connectivity index (χ0n) is 18.5. The summed E-state index contributed by atoms with van der Waals surface area (Å²) in [6.45, 7) is 5.40. The van der Waals surface area contributed by atoms with Crippen molar-refractivity contribution in [1.82, 2.24) is 9.62 Å². The lowest BCUT2D eigenvalue weighted by molar-refractivity contribution is -0.126. The fourth-order valence-electron chi connectivity index (χ4n) is 4.75. The van der Waals surface area contributed by atoms with Gasteiger partial charge >= 0.3 is 0 Å². The summed E-state index contributed by atoms with van der Waals surface area (Å²) >= 11 is 0. The second kappa shape index (κ2) is 9.13. The maximum Gasteiger partial charge on any atom is 0.243 e. The summed E-state index contributed by atoms with van der Waals surface area (Å²) in [6.07, 6.45) is 5.42. The van der Waals surface area contributed by atoms with Crippen molar-refractivity contribution in [2.75, 3.05) is 13.1 Å². The van der Waals surface area contributed by atoms with E-state index in [1.165, 1.54) is 28.7 Å². The molecule has 1 fully saturated rings. The minimum atomic E-state index is -3.51. The number of benzene rings is 2. The standard InChI is InChI=1S/C25H32N2O3S/c1-18-7-8-23(19(2)15-18)17-26-25(28)21-11-13-27(14-12-21)31(29,30)24-10-9-20-5-3-4-6-22(20)16-24/h7-10,15-16,21H,3-6,11-14,17H2,1-2H3,(H,26,28). The van der Waals surface area contributed by atoms with E-state index in [4.69, 9.17) is 0 Å². The van der Waals surface area contributed by atoms with Crippen molar-refractivity contribution in [1.29, 1.82) is 0 Å². The van der Waals surface area contributed by atoms with E-state index in [0.717, 1.165) is 24.8 Å². The molecular weight excluding hydrogens is 408 g/mol. The maximum absolute atomic E-state index is 13.2. The highest BCUT2D eigenvalue weighted by atomic mass is 32.2. The molecule has 0 saturated carbocycles. The number of hydrogen-bond donors (Lipinski definition) is 1. The molecule has 166 valence electrons. The number of fused-ring (bicyclic) bond motifs is 1. The average molecular weight is 441 g/mol. The SMILES string of the molecule is Cc1ccc(CNC(=O)C2CCN(S(=O)(=O)c3ccc4c(c3)CCCC4)CC2)c(C)c1. The highest BCUT2D eigenvalue weighted by Crippen LogP contribution is 2.28. The number of carbonyl (C=O) groups excluding carboxylic acids is 1. The van der Waals surface area contributed by atoms with Crippen LogP contribution < -0.4 is 5.32 Å². The zero-order chi connectivity index (χ0) is 22.0. The summed E-state index contributed by atoms with van der Waals surface area (Å²) in [5, 5.41) is 3.04. The lowest BCUT2D eigenvalue weighted by Gasteiger charge is -2.31. The Bertz CT molecular complexity index is 1070. The summed E-state index contributed by atoms with van der Waals surface area (Å²) in [5.74, 6) is -0.119. The second-order valence-electron chi connectivity index (χ2n) is 8.96. The zero-order valence-corrected chi connectivity index (χ0v) is 19.3. The van der Waals surface area contributed by atoms with Gasteiger partial charge in [-0.3, -0.25) is 4.79 Å². The van der Waals surface area contributed by atoms with Gasteiger partial charge in [0.15, 0.2) is 0 Å². The first-order valence-corrected chi connectivity index (χ1v) is 12.7. The van der Waals surface area contributed by atoms with Crippen LogP contribution in [0.4, 0.5) is 0 Å². The molecule has 0 aromatic heterocycles. The van der Waals surface area contributed by atoms with Crippen molar-refractivity contribution in [2.45, 2.75) is 63.8 Å². The Labute approximate surface area is 185 Å². The number of aryl methyl sites for hydroxylation is 4. The average Bonchev–Trinajstić information content (AvgIpc) is 2.78. The Morgan fingerprint density at radius 3 is 2.42 bits per heavy atom. The minimum Gasteiger partial charge on any atom is -0.352 e. The highest BCUT2D eigenvalue weighted by molar-refractivity contribution is 7.89. The number of amides is 1. The normalized spacial score (nSPS) is 17.9. The van der Waals surface area contributed by atoms with Crippen molar-refractivity contribution in [2.24, 2.45) is 5.92 Å². The van der Waals surface area contributed by atoms with E-state index in [9.17, 15) is 13.2 Å². The summed E-state index contributed by atoms with van der Waals surface area (Å²) in [6, 6.07) is 11.8. The Morgan fingerprint density at radius 1 is 1.00 bits per heavy atom. The molecule has 0 atom stereocenters. The molecule has 1 N–H and O–H groups in total. The predicted molar refractivity (Wildman–Crippen MR) is 122 cm³/mol. The molecule has 1 aliphatic carbocycles. The number of rotatable bonds is 5. The van der Waals surface area contributed by atoms with E-state index in [2.05, 4.69) is 37.4 Å². The summed E-state index contributed by atoms with van der Waals surface area (Å²) in [5.41, 5.74) is 5.95. The largest absolute Gasteiger partial charge is 0.352 e. The molecular formula is C25H32N2O3S. The molecule has 6 heteroatoms. The van der Waals surface area contributed by atoms with E-state index >= 15 is 0 Å². The molecule has 0 bridgehead atoms. The van der Waals surface area contributed by atoms with Crippen LogP contribution in [0.25, 0.3) is 0 Å². The first-order valence-electron chi connectivity index (χ1n) is 11.3. The van der Waals surface area contributed by atoms with Gasteiger partial charge in [0, 0.05) is 25.6 Å². The minimum absolute atomic E-state index is 0.0193. The van der Waals surface area contributed by atoms with Crippen LogP contribution in [0, 0.1) is 19.8 Å². The fourth-order valence-corrected chi connectivity index (χ4v) is 6.27. The number of nitrogens with one attached hydrogen (secondary N) is 1. The van der Waals surface area contributed by atoms with Crippen LogP contribution in [0.1, 0.15) is 53.5 Å². The molecule has 31 heavy (non-hydrogen) atoms. The van der Waals surface area contributed by atoms with Gasteiger partial charge in [0.2, 0.25) is 15.9 Å². The third-order valence-corrected chi connectivity index (χ3v) is 8.63. The van der Waals surface area contributed by atoms with Gasteiger partial charge in [-0.2, -0.15) is 4.31 Å². The molecule has 2 aliphatic rings. The smallest absolute Gasteiger partial charge is 0.243 e. The van der Waals surface area contributed by atoms with Crippen LogP contribution in [-0.2, 0) is 34.2 Å². The number of carbonyl (C=O) groups is 1. The second-order valence-corrected chi connectivity index (χ2v) is 10.9. The van der Waals surface area contributed by atoms with Crippen molar-refractivity contribution in [3.05, 3.63) is 64.2 Å². The van der Waals surface area contributed by atoms with E-state index in [-0.39, 0.29) is 11.8 Å². The molecule has 0 spiro atoms. The van der Waals surface area contributed by atoms with E-state index in [1.807, 2.05) is 12.1 Å². The van der Waals surface area contributed by atoms with Crippen molar-refractivity contribution in [3.63, 3.8) is 0 Å². The topological polar surface area (TPSA) is 66.5 Å². The van der Waals surface area contributed by atoms with Crippen molar-refractivity contribution < 1.29 is 13.2 Å². The molecule has 1 saturated heterocycles. The molecule has 4 rings (SSSR count). The van der Waals surface area contributed by atoms with Crippen molar-refractivity contribution in [3.8, 4) is 0 Å². The van der Waals surface area contributed by atoms with Gasteiger partial charge in [0.1, 0.15) is 0 Å². The fraction of sp³-hybridized carbons (Fsp3) is 0.480. The number of piperidine rings is 1. The summed E-state index contributed by atoms with van der Waals surface area (Å²) in [4.78, 5) is 13.1. The van der Waals surface area contributed by atoms with Gasteiger partial charge in [0.25, 0.3) is 0 Å². The molecule has 2 aromatic carbocycles. The lowest BCUT2D eigenvalue weighted by atomic mass is 9.92. The van der Waals surface area contributed by atoms with Gasteiger partial charge < -0.3 is 5.32 Å². The number of sulfonamides is 1. The van der Waals surface area contributed by atoms with Crippen LogP contribution >= 0.6 is 0 Å². The van der Waals surface area contributed by atoms with E-state index in [0.29, 0.717) is 37.4 Å². The van der Waals surface area contributed by atoms with E-state index in [1.54, 1.807) is 10.4 Å². The molecule has 2 aromatic rings. The third kappa shape index (κ3) is 4.85. The lowest BCUT2D eigenvalue weighted by Crippen LogP contribution is -2.42. The van der Waals surface area contributed by atoms with Gasteiger partial charge in [0.05, 0.1) is 4.90 Å². The third-order valence-electron chi connectivity index (χ3n) is 6.73. The number of nitrogens with zero attached hydrogens (tertiary/aromatic N) is 1. The number of hydrogen-bond acceptors (Lipinski definition) is 3. The van der Waals surface area contributed by atoms with Crippen LogP contribution in [0.2, 0.25) is 0 Å². The Hall–Kier alpha value is -2.18. The molecule has 1 aliphatic heterocycles. The first-order chi connectivity index (χ1) is 14.8. The maximum atomic E-state index is 13.2. The monoisotopic (exact) mass is 440 g/mol. The van der Waals surface area contributed by atoms with Gasteiger partial charge in [-0.25, -0.2) is 8.42 Å². The van der Waals surface area contributed by atoms with E-state index < -0.39 is 10.0 Å².